The Labute approximate surface area is 183 Å². The van der Waals surface area contributed by atoms with Gasteiger partial charge in [0.05, 0.1) is 24.8 Å². The molecule has 4 rings (SSSR count). The number of hydrogen-bond acceptors (Lipinski definition) is 7. The number of cyclic esters (lactones) is 1. The van der Waals surface area contributed by atoms with E-state index in [0.717, 1.165) is 5.56 Å². The van der Waals surface area contributed by atoms with Crippen molar-refractivity contribution >= 4 is 17.7 Å². The molecule has 1 fully saturated rings. The molecule has 1 aliphatic rings. The van der Waals surface area contributed by atoms with Crippen LogP contribution in [0.2, 0.25) is 0 Å². The minimum atomic E-state index is -0.580. The summed E-state index contributed by atoms with van der Waals surface area (Å²) in [5.41, 5.74) is 8.44. The summed E-state index contributed by atoms with van der Waals surface area (Å²) in [4.78, 5) is 24.6. The van der Waals surface area contributed by atoms with Gasteiger partial charge in [0.25, 0.3) is 0 Å². The average molecular weight is 439 g/mol. The van der Waals surface area contributed by atoms with Gasteiger partial charge in [-0.15, -0.1) is 5.10 Å². The number of carbonyl (C=O) groups is 2. The topological polar surface area (TPSA) is 128 Å². The van der Waals surface area contributed by atoms with Gasteiger partial charge in [-0.05, 0) is 39.8 Å². The number of aromatic nitrogens is 4. The van der Waals surface area contributed by atoms with Crippen molar-refractivity contribution in [1.82, 2.24) is 25.5 Å². The molecule has 2 atom stereocenters. The van der Waals surface area contributed by atoms with Gasteiger partial charge in [0.15, 0.2) is 5.82 Å². The highest BCUT2D eigenvalue weighted by Crippen LogP contribution is 2.30. The summed E-state index contributed by atoms with van der Waals surface area (Å²) in [6.07, 6.45) is -1.07. The molecule has 32 heavy (non-hydrogen) atoms. The van der Waals surface area contributed by atoms with Crippen molar-refractivity contribution in [1.29, 1.82) is 0 Å². The number of benzene rings is 2. The molecule has 10 nitrogen and oxygen atoms in total. The molecule has 11 heteroatoms. The number of halogens is 1. The third kappa shape index (κ3) is 4.28. The van der Waals surface area contributed by atoms with Crippen molar-refractivity contribution < 1.29 is 18.7 Å². The molecule has 1 saturated heterocycles. The van der Waals surface area contributed by atoms with Crippen molar-refractivity contribution in [3.63, 3.8) is 0 Å². The summed E-state index contributed by atoms with van der Waals surface area (Å²) in [6.45, 7) is 1.81. The molecule has 2 heterocycles. The van der Waals surface area contributed by atoms with E-state index in [1.807, 2.05) is 0 Å². The Balaban J connectivity index is 1.49. The Bertz CT molecular complexity index is 1150. The molecule has 2 aromatic carbocycles. The largest absolute Gasteiger partial charge is 0.442 e. The lowest BCUT2D eigenvalue weighted by Crippen LogP contribution is -2.33. The second-order valence-electron chi connectivity index (χ2n) is 7.48. The zero-order valence-electron chi connectivity index (χ0n) is 17.5. The maximum absolute atomic E-state index is 14.9. The van der Waals surface area contributed by atoms with Gasteiger partial charge in [-0.25, -0.2) is 13.9 Å². The summed E-state index contributed by atoms with van der Waals surface area (Å²) >= 11 is 0. The fraction of sp³-hybridized carbons (Fsp3) is 0.286. The van der Waals surface area contributed by atoms with E-state index in [2.05, 4.69) is 20.8 Å². The molecule has 3 aromatic rings. The molecule has 0 radical (unpaired) electrons. The Morgan fingerprint density at radius 1 is 1.31 bits per heavy atom. The lowest BCUT2D eigenvalue weighted by Gasteiger charge is -2.15. The van der Waals surface area contributed by atoms with Crippen molar-refractivity contribution in [2.24, 2.45) is 12.8 Å². The van der Waals surface area contributed by atoms with Crippen LogP contribution in [0.3, 0.4) is 0 Å². The van der Waals surface area contributed by atoms with Crippen LogP contribution in [0.1, 0.15) is 24.4 Å². The second-order valence-corrected chi connectivity index (χ2v) is 7.48. The lowest BCUT2D eigenvalue weighted by molar-refractivity contribution is -0.119. The van der Waals surface area contributed by atoms with E-state index in [1.54, 1.807) is 43.4 Å². The number of nitrogens with two attached hydrogens (primary N) is 1. The molecule has 1 unspecified atom stereocenters. The maximum Gasteiger partial charge on any atom is 0.414 e. The number of hydrogen-bond donors (Lipinski definition) is 2. The number of nitrogens with one attached hydrogen (secondary N) is 1. The standard InChI is InChI=1S/C21H22FN7O3/c1-12(30)24-10-16-11-29(21(31)32-16)15-7-8-17(18(22)9-15)13-3-5-14(6-4-13)19(23)20-25-26-27-28(20)2/h3-9,16,19H,10-11,23H2,1-2H3,(H,24,30)/t16-,19?/m0/s1. The van der Waals surface area contributed by atoms with Crippen molar-refractivity contribution in [2.45, 2.75) is 19.1 Å². The van der Waals surface area contributed by atoms with Gasteiger partial charge in [0.2, 0.25) is 5.91 Å². The Morgan fingerprint density at radius 3 is 2.69 bits per heavy atom. The molecule has 0 bridgehead atoms. The third-order valence-electron chi connectivity index (χ3n) is 5.23. The van der Waals surface area contributed by atoms with E-state index in [-0.39, 0.29) is 19.0 Å². The summed E-state index contributed by atoms with van der Waals surface area (Å²) in [5, 5.41) is 13.9. The smallest absolute Gasteiger partial charge is 0.414 e. The van der Waals surface area contributed by atoms with Crippen LogP contribution in [0.15, 0.2) is 42.5 Å². The molecule has 1 aromatic heterocycles. The first-order valence-electron chi connectivity index (χ1n) is 9.94. The number of tetrazole rings is 1. The SMILES string of the molecule is CC(=O)NC[C@H]1CN(c2ccc(-c3ccc(C(N)c4nnnn4C)cc3)c(F)c2)C(=O)O1. The number of amides is 2. The molecule has 3 N–H and O–H groups in total. The second kappa shape index (κ2) is 8.71. The van der Waals surface area contributed by atoms with Gasteiger partial charge in [-0.1, -0.05) is 24.3 Å². The number of carbonyl (C=O) groups excluding carboxylic acids is 2. The fourth-order valence-corrected chi connectivity index (χ4v) is 3.52. The number of anilines is 1. The van der Waals surface area contributed by atoms with Crippen LogP contribution in [0.4, 0.5) is 14.9 Å². The van der Waals surface area contributed by atoms with Gasteiger partial charge in [-0.2, -0.15) is 0 Å². The molecule has 0 aliphatic carbocycles. The van der Waals surface area contributed by atoms with Crippen LogP contribution in [0.5, 0.6) is 0 Å². The van der Waals surface area contributed by atoms with Gasteiger partial charge in [-0.3, -0.25) is 9.69 Å². The maximum atomic E-state index is 14.9. The number of aryl methyl sites for hydroxylation is 1. The van der Waals surface area contributed by atoms with Crippen molar-refractivity contribution in [2.75, 3.05) is 18.0 Å². The van der Waals surface area contributed by atoms with Crippen LogP contribution >= 0.6 is 0 Å². The lowest BCUT2D eigenvalue weighted by atomic mass is 10.00. The molecule has 0 saturated carbocycles. The van der Waals surface area contributed by atoms with Crippen LogP contribution in [-0.2, 0) is 16.6 Å². The fourth-order valence-electron chi connectivity index (χ4n) is 3.52. The number of ether oxygens (including phenoxy) is 1. The van der Waals surface area contributed by atoms with Gasteiger partial charge in [0, 0.05) is 19.5 Å². The summed E-state index contributed by atoms with van der Waals surface area (Å²) < 4.78 is 21.6. The van der Waals surface area contributed by atoms with Gasteiger partial charge in [0.1, 0.15) is 11.9 Å². The highest BCUT2D eigenvalue weighted by atomic mass is 19.1. The van der Waals surface area contributed by atoms with Crippen LogP contribution < -0.4 is 16.0 Å². The Kier molecular flexibility index (Phi) is 5.82. The third-order valence-corrected chi connectivity index (χ3v) is 5.23. The highest BCUT2D eigenvalue weighted by Gasteiger charge is 2.32. The highest BCUT2D eigenvalue weighted by molar-refractivity contribution is 5.90. The molecule has 166 valence electrons. The van der Waals surface area contributed by atoms with Crippen molar-refractivity contribution in [3.8, 4) is 11.1 Å². The quantitative estimate of drug-likeness (QED) is 0.596. The first-order valence-corrected chi connectivity index (χ1v) is 9.94. The molecular formula is C21H22FN7O3. The number of rotatable bonds is 6. The van der Waals surface area contributed by atoms with Crippen LogP contribution in [-0.4, -0.2) is 51.4 Å². The monoisotopic (exact) mass is 439 g/mol. The van der Waals surface area contributed by atoms with E-state index in [1.165, 1.54) is 22.6 Å². The molecule has 1 aliphatic heterocycles. The minimum Gasteiger partial charge on any atom is -0.442 e. The van der Waals surface area contributed by atoms with E-state index in [9.17, 15) is 14.0 Å². The molecule has 2 amide bonds. The molecule has 0 spiro atoms. The van der Waals surface area contributed by atoms with Gasteiger partial charge >= 0.3 is 6.09 Å². The van der Waals surface area contributed by atoms with E-state index in [0.29, 0.717) is 22.6 Å². The van der Waals surface area contributed by atoms with E-state index < -0.39 is 24.1 Å². The minimum absolute atomic E-state index is 0.205. The first kappa shape index (κ1) is 21.4. The average Bonchev–Trinajstić information content (AvgIpc) is 3.37. The van der Waals surface area contributed by atoms with Crippen LogP contribution in [0.25, 0.3) is 11.1 Å². The Hall–Kier alpha value is -3.86. The van der Waals surface area contributed by atoms with Crippen LogP contribution in [0, 0.1) is 5.82 Å². The number of nitrogens with zero attached hydrogens (tertiary/aromatic N) is 5. The zero-order chi connectivity index (χ0) is 22.8. The first-order chi connectivity index (χ1) is 15.3. The van der Waals surface area contributed by atoms with E-state index >= 15 is 0 Å². The summed E-state index contributed by atoms with van der Waals surface area (Å²) in [6, 6.07) is 11.2. The predicted octanol–water partition coefficient (Wildman–Crippen LogP) is 1.53. The van der Waals surface area contributed by atoms with E-state index in [4.69, 9.17) is 10.5 Å². The predicted molar refractivity (Wildman–Crippen MR) is 113 cm³/mol. The van der Waals surface area contributed by atoms with Crippen molar-refractivity contribution in [3.05, 3.63) is 59.7 Å². The Morgan fingerprint density at radius 2 is 2.06 bits per heavy atom. The molecular weight excluding hydrogens is 417 g/mol. The summed E-state index contributed by atoms with van der Waals surface area (Å²) in [5.74, 6) is -0.173. The van der Waals surface area contributed by atoms with Gasteiger partial charge < -0.3 is 15.8 Å². The summed E-state index contributed by atoms with van der Waals surface area (Å²) in [7, 11) is 1.71. The normalized spacial score (nSPS) is 16.7. The zero-order valence-corrected chi connectivity index (χ0v) is 17.5.